The number of hydrogen-bond acceptors (Lipinski definition) is 3. The van der Waals surface area contributed by atoms with Gasteiger partial charge in [0.25, 0.3) is 0 Å². The highest BCUT2D eigenvalue weighted by Crippen LogP contribution is 2.34. The number of para-hydroxylation sites is 1. The van der Waals surface area contributed by atoms with Crippen molar-refractivity contribution in [2.45, 2.75) is 15.5 Å². The van der Waals surface area contributed by atoms with Gasteiger partial charge in [-0.2, -0.15) is 0 Å². The molecule has 1 nitrogen and oxygen atoms in total. The third-order valence-electron chi connectivity index (χ3n) is 2.93. The Balaban J connectivity index is 1.94. The maximum atomic E-state index is 4.54. The Morgan fingerprint density at radius 1 is 0.947 bits per heavy atom. The van der Waals surface area contributed by atoms with E-state index >= 15 is 0 Å². The summed E-state index contributed by atoms with van der Waals surface area (Å²) < 4.78 is 0. The SMILES string of the molecule is Sc1cnc2ccccc2c1SCc1ccccc1. The molecule has 1 heterocycles. The van der Waals surface area contributed by atoms with E-state index in [9.17, 15) is 0 Å². The van der Waals surface area contributed by atoms with Gasteiger partial charge in [0, 0.05) is 27.1 Å². The van der Waals surface area contributed by atoms with E-state index in [0.29, 0.717) is 0 Å². The lowest BCUT2D eigenvalue weighted by molar-refractivity contribution is 1.20. The van der Waals surface area contributed by atoms with Gasteiger partial charge in [-0.05, 0) is 11.6 Å². The van der Waals surface area contributed by atoms with Gasteiger partial charge in [-0.1, -0.05) is 48.5 Å². The largest absolute Gasteiger partial charge is 0.255 e. The number of thioether (sulfide) groups is 1. The predicted octanol–water partition coefficient (Wildman–Crippen LogP) is 4.82. The second-order valence-corrected chi connectivity index (χ2v) is 5.73. The third-order valence-corrected chi connectivity index (χ3v) is 4.63. The Kier molecular flexibility index (Phi) is 3.76. The van der Waals surface area contributed by atoms with Gasteiger partial charge < -0.3 is 0 Å². The van der Waals surface area contributed by atoms with Gasteiger partial charge in [0.05, 0.1) is 5.52 Å². The molecule has 0 spiro atoms. The first kappa shape index (κ1) is 12.6. The molecular formula is C16H13NS2. The second kappa shape index (κ2) is 5.68. The van der Waals surface area contributed by atoms with Crippen LogP contribution in [0.3, 0.4) is 0 Å². The van der Waals surface area contributed by atoms with Crippen molar-refractivity contribution in [2.75, 3.05) is 0 Å². The van der Waals surface area contributed by atoms with Crippen LogP contribution < -0.4 is 0 Å². The number of aromatic nitrogens is 1. The number of thiol groups is 1. The molecule has 1 aromatic heterocycles. The minimum atomic E-state index is 0.944. The first-order valence-corrected chi connectivity index (χ1v) is 7.51. The zero-order valence-corrected chi connectivity index (χ0v) is 12.0. The van der Waals surface area contributed by atoms with Gasteiger partial charge in [-0.25, -0.2) is 0 Å². The van der Waals surface area contributed by atoms with Crippen molar-refractivity contribution in [3.63, 3.8) is 0 Å². The van der Waals surface area contributed by atoms with Crippen LogP contribution in [0.25, 0.3) is 10.9 Å². The van der Waals surface area contributed by atoms with E-state index in [1.54, 1.807) is 0 Å². The van der Waals surface area contributed by atoms with E-state index in [4.69, 9.17) is 0 Å². The van der Waals surface area contributed by atoms with Crippen molar-refractivity contribution in [3.8, 4) is 0 Å². The van der Waals surface area contributed by atoms with Gasteiger partial charge in [0.15, 0.2) is 0 Å². The van der Waals surface area contributed by atoms with E-state index in [0.717, 1.165) is 16.2 Å². The van der Waals surface area contributed by atoms with Crippen LogP contribution in [-0.4, -0.2) is 4.98 Å². The number of rotatable bonds is 3. The Morgan fingerprint density at radius 3 is 2.53 bits per heavy atom. The first-order chi connectivity index (χ1) is 9.34. The van der Waals surface area contributed by atoms with Crippen LogP contribution in [-0.2, 0) is 5.75 Å². The van der Waals surface area contributed by atoms with Crippen molar-refractivity contribution < 1.29 is 0 Å². The molecule has 0 aliphatic rings. The summed E-state index contributed by atoms with van der Waals surface area (Å²) in [7, 11) is 0. The minimum absolute atomic E-state index is 0.944. The topological polar surface area (TPSA) is 12.9 Å². The fourth-order valence-corrected chi connectivity index (χ4v) is 3.39. The molecule has 94 valence electrons. The lowest BCUT2D eigenvalue weighted by Gasteiger charge is -2.08. The number of benzene rings is 2. The van der Waals surface area contributed by atoms with Crippen molar-refractivity contribution in [3.05, 3.63) is 66.4 Å². The summed E-state index contributed by atoms with van der Waals surface area (Å²) in [6.45, 7) is 0. The maximum absolute atomic E-state index is 4.54. The molecule has 0 atom stereocenters. The van der Waals surface area contributed by atoms with Crippen LogP contribution in [0.1, 0.15) is 5.56 Å². The summed E-state index contributed by atoms with van der Waals surface area (Å²) in [5, 5.41) is 1.18. The third kappa shape index (κ3) is 2.77. The Labute approximate surface area is 122 Å². The molecule has 0 aliphatic carbocycles. The molecule has 0 radical (unpaired) electrons. The molecule has 0 unspecified atom stereocenters. The Morgan fingerprint density at radius 2 is 1.68 bits per heavy atom. The lowest BCUT2D eigenvalue weighted by Crippen LogP contribution is -1.86. The van der Waals surface area contributed by atoms with E-state index in [1.807, 2.05) is 42.2 Å². The zero-order valence-electron chi connectivity index (χ0n) is 10.3. The second-order valence-electron chi connectivity index (χ2n) is 4.26. The van der Waals surface area contributed by atoms with E-state index in [1.165, 1.54) is 15.8 Å². The first-order valence-electron chi connectivity index (χ1n) is 6.08. The number of nitrogens with zero attached hydrogens (tertiary/aromatic N) is 1. The summed E-state index contributed by atoms with van der Waals surface area (Å²) in [4.78, 5) is 6.56. The smallest absolute Gasteiger partial charge is 0.0714 e. The Hall–Kier alpha value is -1.45. The van der Waals surface area contributed by atoms with Crippen molar-refractivity contribution in [2.24, 2.45) is 0 Å². The van der Waals surface area contributed by atoms with Gasteiger partial charge in [0.2, 0.25) is 0 Å². The molecule has 0 N–H and O–H groups in total. The average molecular weight is 283 g/mol. The Bertz CT molecular complexity index is 695. The molecule has 0 saturated heterocycles. The molecule has 0 fully saturated rings. The summed E-state index contributed by atoms with van der Waals surface area (Å²) in [5.41, 5.74) is 2.34. The van der Waals surface area contributed by atoms with Gasteiger partial charge in [-0.15, -0.1) is 24.4 Å². The van der Waals surface area contributed by atoms with E-state index in [2.05, 4.69) is 47.9 Å². The molecule has 2 aromatic carbocycles. The van der Waals surface area contributed by atoms with Crippen molar-refractivity contribution in [1.82, 2.24) is 4.98 Å². The van der Waals surface area contributed by atoms with Crippen LogP contribution in [0.2, 0.25) is 0 Å². The normalized spacial score (nSPS) is 10.8. The van der Waals surface area contributed by atoms with Gasteiger partial charge in [-0.3, -0.25) is 4.98 Å². The van der Waals surface area contributed by atoms with Gasteiger partial charge >= 0.3 is 0 Å². The van der Waals surface area contributed by atoms with E-state index < -0.39 is 0 Å². The lowest BCUT2D eigenvalue weighted by atomic mass is 10.2. The molecule has 0 amide bonds. The highest BCUT2D eigenvalue weighted by atomic mass is 32.2. The summed E-state index contributed by atoms with van der Waals surface area (Å²) >= 11 is 6.35. The van der Waals surface area contributed by atoms with Gasteiger partial charge in [0.1, 0.15) is 0 Å². The summed E-state index contributed by atoms with van der Waals surface area (Å²) in [6, 6.07) is 18.7. The number of fused-ring (bicyclic) bond motifs is 1. The van der Waals surface area contributed by atoms with Crippen molar-refractivity contribution in [1.29, 1.82) is 0 Å². The van der Waals surface area contributed by atoms with E-state index in [-0.39, 0.29) is 0 Å². The molecule has 3 heteroatoms. The monoisotopic (exact) mass is 283 g/mol. The molecule has 19 heavy (non-hydrogen) atoms. The molecule has 0 bridgehead atoms. The fourth-order valence-electron chi connectivity index (χ4n) is 1.99. The number of hydrogen-bond donors (Lipinski definition) is 1. The summed E-state index contributed by atoms with van der Waals surface area (Å²) in [6.07, 6.45) is 1.83. The van der Waals surface area contributed by atoms with Crippen LogP contribution in [0.5, 0.6) is 0 Å². The highest BCUT2D eigenvalue weighted by molar-refractivity contribution is 7.99. The van der Waals surface area contributed by atoms with Crippen LogP contribution >= 0.6 is 24.4 Å². The molecule has 3 rings (SSSR count). The highest BCUT2D eigenvalue weighted by Gasteiger charge is 2.07. The zero-order chi connectivity index (χ0) is 13.1. The predicted molar refractivity (Wildman–Crippen MR) is 85.0 cm³/mol. The standard InChI is InChI=1S/C16H13NS2/c18-15-10-17-14-9-5-4-8-13(14)16(15)19-11-12-6-2-1-3-7-12/h1-10,18H,11H2. The van der Waals surface area contributed by atoms with Crippen LogP contribution in [0.15, 0.2) is 70.6 Å². The molecule has 0 aliphatic heterocycles. The molecule has 3 aromatic rings. The quantitative estimate of drug-likeness (QED) is 0.547. The fraction of sp³-hybridized carbons (Fsp3) is 0.0625. The minimum Gasteiger partial charge on any atom is -0.255 e. The van der Waals surface area contributed by atoms with Crippen LogP contribution in [0.4, 0.5) is 0 Å². The number of pyridine rings is 1. The summed E-state index contributed by atoms with van der Waals surface area (Å²) in [5.74, 6) is 0.947. The molecule has 0 saturated carbocycles. The van der Waals surface area contributed by atoms with Crippen LogP contribution in [0, 0.1) is 0 Å². The maximum Gasteiger partial charge on any atom is 0.0714 e. The molecular weight excluding hydrogens is 270 g/mol. The average Bonchev–Trinajstić information content (AvgIpc) is 2.47. The van der Waals surface area contributed by atoms with Crippen molar-refractivity contribution >= 4 is 35.3 Å².